The summed E-state index contributed by atoms with van der Waals surface area (Å²) in [6, 6.07) is 4.93. The summed E-state index contributed by atoms with van der Waals surface area (Å²) in [5.41, 5.74) is 1.34. The number of fused-ring (bicyclic) bond motifs is 1. The number of nitrogens with zero attached hydrogens (tertiary/aromatic N) is 2. The lowest BCUT2D eigenvalue weighted by Gasteiger charge is -2.25. The molecule has 2 aromatic rings. The van der Waals surface area contributed by atoms with E-state index in [9.17, 15) is 14.4 Å². The fraction of sp³-hybridized carbons (Fsp3) is 0.412. The van der Waals surface area contributed by atoms with Gasteiger partial charge in [-0.3, -0.25) is 24.3 Å². The second kappa shape index (κ2) is 5.61. The number of nitrogens with one attached hydrogen (secondary N) is 1. The first-order valence-electron chi connectivity index (χ1n) is 7.75. The Morgan fingerprint density at radius 2 is 2.00 bits per heavy atom. The minimum Gasteiger partial charge on any atom is -0.295 e. The Balaban J connectivity index is 2.26. The first-order valence-corrected chi connectivity index (χ1v) is 7.75. The molecule has 0 unspecified atom stereocenters. The molecule has 0 saturated carbocycles. The van der Waals surface area contributed by atoms with E-state index in [-0.39, 0.29) is 23.8 Å². The van der Waals surface area contributed by atoms with Crippen molar-refractivity contribution in [1.82, 2.24) is 14.9 Å². The number of aryl methyl sites for hydroxylation is 1. The lowest BCUT2D eigenvalue weighted by molar-refractivity contribution is -0.135. The number of benzene rings is 1. The zero-order chi connectivity index (χ0) is 16.7. The molecular weight excluding hydrogens is 294 g/mol. The van der Waals surface area contributed by atoms with Crippen molar-refractivity contribution in [3.8, 4) is 0 Å². The molecule has 2 heterocycles. The van der Waals surface area contributed by atoms with Crippen molar-refractivity contribution < 1.29 is 9.59 Å². The van der Waals surface area contributed by atoms with Gasteiger partial charge in [0.05, 0.1) is 10.9 Å². The van der Waals surface area contributed by atoms with Crippen molar-refractivity contribution in [2.24, 2.45) is 0 Å². The molecule has 1 aliphatic heterocycles. The van der Waals surface area contributed by atoms with Gasteiger partial charge in [0.2, 0.25) is 11.8 Å². The topological polar surface area (TPSA) is 81.1 Å². The third-order valence-corrected chi connectivity index (χ3v) is 4.28. The molecule has 3 rings (SSSR count). The van der Waals surface area contributed by atoms with Crippen LogP contribution in [0.2, 0.25) is 0 Å². The van der Waals surface area contributed by atoms with Gasteiger partial charge < -0.3 is 0 Å². The molecule has 1 aromatic carbocycles. The monoisotopic (exact) mass is 313 g/mol. The van der Waals surface area contributed by atoms with E-state index in [2.05, 4.69) is 10.3 Å². The van der Waals surface area contributed by atoms with Gasteiger partial charge in [-0.25, -0.2) is 4.98 Å². The van der Waals surface area contributed by atoms with Crippen LogP contribution < -0.4 is 10.9 Å². The number of aromatic nitrogens is 2. The Kier molecular flexibility index (Phi) is 3.75. The maximum atomic E-state index is 13.1. The van der Waals surface area contributed by atoms with Crippen molar-refractivity contribution in [2.75, 3.05) is 0 Å². The zero-order valence-electron chi connectivity index (χ0n) is 13.4. The number of carbonyl (C=O) groups is 2. The molecule has 0 bridgehead atoms. The number of piperidine rings is 1. The Hall–Kier alpha value is -2.50. The molecule has 6 heteroatoms. The average Bonchev–Trinajstić information content (AvgIpc) is 2.48. The minimum atomic E-state index is -0.683. The number of rotatable bonds is 2. The number of hydrogen-bond acceptors (Lipinski definition) is 4. The van der Waals surface area contributed by atoms with E-state index in [4.69, 9.17) is 0 Å². The number of hydrogen-bond donors (Lipinski definition) is 1. The van der Waals surface area contributed by atoms with Gasteiger partial charge in [-0.2, -0.15) is 0 Å². The summed E-state index contributed by atoms with van der Waals surface area (Å²) in [6.07, 6.45) is 0.550. The molecule has 0 spiro atoms. The number of carbonyl (C=O) groups excluding carboxylic acids is 2. The summed E-state index contributed by atoms with van der Waals surface area (Å²) in [7, 11) is 0. The van der Waals surface area contributed by atoms with Crippen LogP contribution in [0.5, 0.6) is 0 Å². The van der Waals surface area contributed by atoms with Crippen molar-refractivity contribution in [3.05, 3.63) is 39.9 Å². The minimum absolute atomic E-state index is 0.172. The summed E-state index contributed by atoms with van der Waals surface area (Å²) in [4.78, 5) is 41.1. The van der Waals surface area contributed by atoms with E-state index in [0.717, 1.165) is 5.56 Å². The SMILES string of the molecule is Cc1nc2cccc(C(C)C)c2c(=O)n1[C@H]1CCC(=O)NC1=O. The van der Waals surface area contributed by atoms with Crippen LogP contribution in [-0.4, -0.2) is 21.4 Å². The maximum Gasteiger partial charge on any atom is 0.262 e. The molecule has 1 aliphatic rings. The third kappa shape index (κ3) is 2.54. The number of imide groups is 1. The first-order chi connectivity index (χ1) is 10.9. The van der Waals surface area contributed by atoms with Crippen LogP contribution in [0.3, 0.4) is 0 Å². The van der Waals surface area contributed by atoms with Crippen molar-refractivity contribution in [3.63, 3.8) is 0 Å². The van der Waals surface area contributed by atoms with Crippen molar-refractivity contribution in [1.29, 1.82) is 0 Å². The smallest absolute Gasteiger partial charge is 0.262 e. The third-order valence-electron chi connectivity index (χ3n) is 4.28. The van der Waals surface area contributed by atoms with Crippen molar-refractivity contribution >= 4 is 22.7 Å². The predicted octanol–water partition coefficient (Wildman–Crippen LogP) is 1.81. The highest BCUT2D eigenvalue weighted by atomic mass is 16.2. The van der Waals surface area contributed by atoms with E-state index in [1.54, 1.807) is 6.92 Å². The van der Waals surface area contributed by atoms with Gasteiger partial charge >= 0.3 is 0 Å². The largest absolute Gasteiger partial charge is 0.295 e. The Morgan fingerprint density at radius 1 is 1.26 bits per heavy atom. The highest BCUT2D eigenvalue weighted by Gasteiger charge is 2.30. The molecule has 1 N–H and O–H groups in total. The Morgan fingerprint density at radius 3 is 2.65 bits per heavy atom. The molecule has 2 amide bonds. The molecular formula is C17H19N3O3. The van der Waals surface area contributed by atoms with Crippen LogP contribution in [0.1, 0.15) is 50.0 Å². The Bertz CT molecular complexity index is 867. The maximum absolute atomic E-state index is 13.1. The van der Waals surface area contributed by atoms with E-state index >= 15 is 0 Å². The Labute approximate surface area is 133 Å². The van der Waals surface area contributed by atoms with Gasteiger partial charge in [0.1, 0.15) is 11.9 Å². The van der Waals surface area contributed by atoms with Crippen LogP contribution in [0.25, 0.3) is 10.9 Å². The van der Waals surface area contributed by atoms with Gasteiger partial charge in [0, 0.05) is 6.42 Å². The first kappa shape index (κ1) is 15.4. The van der Waals surface area contributed by atoms with E-state index < -0.39 is 11.9 Å². The van der Waals surface area contributed by atoms with Crippen LogP contribution in [0.15, 0.2) is 23.0 Å². The van der Waals surface area contributed by atoms with Gasteiger partial charge in [0.15, 0.2) is 0 Å². The number of amides is 2. The molecule has 6 nitrogen and oxygen atoms in total. The van der Waals surface area contributed by atoms with E-state index in [0.29, 0.717) is 23.1 Å². The predicted molar refractivity (Wildman–Crippen MR) is 86.2 cm³/mol. The summed E-state index contributed by atoms with van der Waals surface area (Å²) in [5, 5.41) is 2.86. The molecule has 1 atom stereocenters. The normalized spacial score (nSPS) is 18.5. The van der Waals surface area contributed by atoms with Gasteiger partial charge in [0.25, 0.3) is 5.56 Å². The lowest BCUT2D eigenvalue weighted by Crippen LogP contribution is -2.45. The lowest BCUT2D eigenvalue weighted by atomic mass is 9.98. The van der Waals surface area contributed by atoms with Gasteiger partial charge in [-0.05, 0) is 30.9 Å². The van der Waals surface area contributed by atoms with Gasteiger partial charge in [-0.1, -0.05) is 26.0 Å². The molecule has 120 valence electrons. The fourth-order valence-electron chi connectivity index (χ4n) is 3.16. The molecule has 0 aliphatic carbocycles. The zero-order valence-corrected chi connectivity index (χ0v) is 13.4. The average molecular weight is 313 g/mol. The standard InChI is InChI=1S/C17H19N3O3/c1-9(2)11-5-4-6-12-15(11)17(23)20(10(3)18-12)13-7-8-14(21)19-16(13)22/h4-6,9,13H,7-8H2,1-3H3,(H,19,21,22)/t13-/m0/s1. The molecule has 0 radical (unpaired) electrons. The summed E-state index contributed by atoms with van der Waals surface area (Å²) in [6.45, 7) is 5.75. The van der Waals surface area contributed by atoms with E-state index in [1.165, 1.54) is 4.57 Å². The van der Waals surface area contributed by atoms with Crippen LogP contribution in [0, 0.1) is 6.92 Å². The molecule has 1 fully saturated rings. The fourth-order valence-corrected chi connectivity index (χ4v) is 3.16. The second-order valence-corrected chi connectivity index (χ2v) is 6.20. The highest BCUT2D eigenvalue weighted by molar-refractivity contribution is 5.99. The van der Waals surface area contributed by atoms with Crippen molar-refractivity contribution in [2.45, 2.75) is 45.6 Å². The van der Waals surface area contributed by atoms with Crippen LogP contribution in [-0.2, 0) is 9.59 Å². The van der Waals surface area contributed by atoms with Crippen LogP contribution in [0.4, 0.5) is 0 Å². The molecule has 1 saturated heterocycles. The quantitative estimate of drug-likeness (QED) is 0.857. The second-order valence-electron chi connectivity index (χ2n) is 6.20. The van der Waals surface area contributed by atoms with Gasteiger partial charge in [-0.15, -0.1) is 0 Å². The summed E-state index contributed by atoms with van der Waals surface area (Å²) < 4.78 is 1.43. The van der Waals surface area contributed by atoms with Crippen LogP contribution >= 0.6 is 0 Å². The molecule has 1 aromatic heterocycles. The molecule has 23 heavy (non-hydrogen) atoms. The summed E-state index contributed by atoms with van der Waals surface area (Å²) in [5.74, 6) is -0.0766. The summed E-state index contributed by atoms with van der Waals surface area (Å²) >= 11 is 0. The highest BCUT2D eigenvalue weighted by Crippen LogP contribution is 2.24. The van der Waals surface area contributed by atoms with E-state index in [1.807, 2.05) is 32.0 Å².